The molecule has 0 radical (unpaired) electrons. The van der Waals surface area contributed by atoms with E-state index < -0.39 is 0 Å². The second kappa shape index (κ2) is 15.3. The topological polar surface area (TPSA) is 64.5 Å². The lowest BCUT2D eigenvalue weighted by molar-refractivity contribution is 1.07. The summed E-state index contributed by atoms with van der Waals surface area (Å²) in [5.41, 5.74) is 11.8. The number of hydrogen-bond donors (Lipinski definition) is 0. The van der Waals surface area contributed by atoms with Crippen molar-refractivity contribution in [3.8, 4) is 90.3 Å². The quantitative estimate of drug-likeness (QED) is 0.155. The maximum absolute atomic E-state index is 5.18. The van der Waals surface area contributed by atoms with Gasteiger partial charge in [0.15, 0.2) is 23.3 Å². The first-order chi connectivity index (χ1) is 28.7. The number of benzene rings is 8. The summed E-state index contributed by atoms with van der Waals surface area (Å²) in [6.07, 6.45) is 0. The molecular formula is C53H35N5. The van der Waals surface area contributed by atoms with Gasteiger partial charge in [-0.1, -0.05) is 194 Å². The molecule has 0 aliphatic heterocycles. The summed E-state index contributed by atoms with van der Waals surface area (Å²) in [6.45, 7) is 0. The fourth-order valence-electron chi connectivity index (χ4n) is 7.55. The molecule has 0 aliphatic carbocycles. The van der Waals surface area contributed by atoms with Crippen LogP contribution < -0.4 is 0 Å². The Balaban J connectivity index is 1.16. The normalized spacial score (nSPS) is 11.1. The van der Waals surface area contributed by atoms with Crippen molar-refractivity contribution < 1.29 is 0 Å². The second-order valence-corrected chi connectivity index (χ2v) is 14.1. The van der Waals surface area contributed by atoms with Crippen molar-refractivity contribution in [1.29, 1.82) is 0 Å². The molecule has 10 rings (SSSR count). The Morgan fingerprint density at radius 1 is 0.241 bits per heavy atom. The molecule has 0 bridgehead atoms. The molecule has 10 aromatic rings. The van der Waals surface area contributed by atoms with Gasteiger partial charge in [0, 0.05) is 38.9 Å². The molecule has 5 nitrogen and oxygen atoms in total. The average molecular weight is 742 g/mol. The van der Waals surface area contributed by atoms with E-state index in [0.717, 1.165) is 77.8 Å². The third kappa shape index (κ3) is 6.82. The Bertz CT molecular complexity index is 2930. The van der Waals surface area contributed by atoms with E-state index in [2.05, 4.69) is 115 Å². The summed E-state index contributed by atoms with van der Waals surface area (Å²) in [4.78, 5) is 25.6. The predicted octanol–water partition coefficient (Wildman–Crippen LogP) is 13.2. The van der Waals surface area contributed by atoms with Gasteiger partial charge in [-0.2, -0.15) is 0 Å². The zero-order chi connectivity index (χ0) is 38.7. The fraction of sp³-hybridized carbons (Fsp3) is 0. The van der Waals surface area contributed by atoms with E-state index >= 15 is 0 Å². The maximum Gasteiger partial charge on any atom is 0.164 e. The number of rotatable bonds is 8. The molecule has 0 unspecified atom stereocenters. The van der Waals surface area contributed by atoms with E-state index in [9.17, 15) is 0 Å². The molecule has 8 aromatic carbocycles. The highest BCUT2D eigenvalue weighted by molar-refractivity contribution is 6.06. The molecule has 0 saturated heterocycles. The summed E-state index contributed by atoms with van der Waals surface area (Å²) in [7, 11) is 0. The van der Waals surface area contributed by atoms with Gasteiger partial charge in [-0.15, -0.1) is 0 Å². The van der Waals surface area contributed by atoms with E-state index in [0.29, 0.717) is 23.3 Å². The van der Waals surface area contributed by atoms with E-state index in [1.54, 1.807) is 0 Å². The van der Waals surface area contributed by atoms with Gasteiger partial charge in [0.1, 0.15) is 0 Å². The highest BCUT2D eigenvalue weighted by atomic mass is 15.0. The third-order valence-electron chi connectivity index (χ3n) is 10.4. The molecule has 0 spiro atoms. The Hall–Kier alpha value is -7.89. The molecule has 5 heteroatoms. The minimum Gasteiger partial charge on any atom is -0.228 e. The van der Waals surface area contributed by atoms with Crippen LogP contribution in [0.4, 0.5) is 0 Å². The number of hydrogen-bond acceptors (Lipinski definition) is 5. The lowest BCUT2D eigenvalue weighted by Crippen LogP contribution is -2.01. The molecule has 2 heterocycles. The van der Waals surface area contributed by atoms with E-state index in [1.807, 2.05) is 97.1 Å². The molecule has 272 valence electrons. The second-order valence-electron chi connectivity index (χ2n) is 14.1. The number of nitrogens with zero attached hydrogens (tertiary/aromatic N) is 5. The molecule has 0 fully saturated rings. The Kier molecular flexibility index (Phi) is 9.14. The number of aromatic nitrogens is 5. The lowest BCUT2D eigenvalue weighted by atomic mass is 9.87. The summed E-state index contributed by atoms with van der Waals surface area (Å²) in [6, 6.07) is 72.8. The van der Waals surface area contributed by atoms with Gasteiger partial charge in [0.2, 0.25) is 0 Å². The molecule has 2 aromatic heterocycles. The van der Waals surface area contributed by atoms with E-state index in [1.165, 1.54) is 0 Å². The summed E-state index contributed by atoms with van der Waals surface area (Å²) in [5.74, 6) is 2.52. The van der Waals surface area contributed by atoms with Crippen LogP contribution in [0.2, 0.25) is 0 Å². The van der Waals surface area contributed by atoms with Gasteiger partial charge in [0.05, 0.1) is 11.4 Å². The first kappa shape index (κ1) is 34.6. The van der Waals surface area contributed by atoms with Crippen molar-refractivity contribution in [3.63, 3.8) is 0 Å². The minimum atomic E-state index is 0.608. The molecular weight excluding hydrogens is 707 g/mol. The molecule has 0 saturated carbocycles. The predicted molar refractivity (Wildman–Crippen MR) is 236 cm³/mol. The molecule has 0 N–H and O–H groups in total. The molecule has 0 aliphatic rings. The molecule has 0 atom stereocenters. The van der Waals surface area contributed by atoms with Crippen LogP contribution in [0.1, 0.15) is 0 Å². The molecule has 0 amide bonds. The maximum atomic E-state index is 5.18. The first-order valence-electron chi connectivity index (χ1n) is 19.3. The van der Waals surface area contributed by atoms with Crippen LogP contribution in [-0.4, -0.2) is 24.9 Å². The van der Waals surface area contributed by atoms with Crippen LogP contribution >= 0.6 is 0 Å². The number of fused-ring (bicyclic) bond motifs is 1. The van der Waals surface area contributed by atoms with Crippen molar-refractivity contribution in [2.24, 2.45) is 0 Å². The van der Waals surface area contributed by atoms with Crippen molar-refractivity contribution in [3.05, 3.63) is 212 Å². The van der Waals surface area contributed by atoms with Crippen LogP contribution in [0, 0.1) is 0 Å². The summed E-state index contributed by atoms with van der Waals surface area (Å²) in [5, 5.41) is 2.24. The third-order valence-corrected chi connectivity index (χ3v) is 10.4. The van der Waals surface area contributed by atoms with Crippen LogP contribution in [0.15, 0.2) is 212 Å². The molecule has 58 heavy (non-hydrogen) atoms. The largest absolute Gasteiger partial charge is 0.228 e. The monoisotopic (exact) mass is 741 g/mol. The van der Waals surface area contributed by atoms with Crippen molar-refractivity contribution in [2.75, 3.05) is 0 Å². The van der Waals surface area contributed by atoms with Crippen LogP contribution in [0.25, 0.3) is 101 Å². The Labute approximate surface area is 337 Å². The van der Waals surface area contributed by atoms with Gasteiger partial charge < -0.3 is 0 Å². The SMILES string of the molecule is c1ccc(-c2cc(-c3ccccc3)nc(-c3cccc(-c4ccccc4-c4c(-c5nc(-c6ccccc6)nc(-c6ccccc6)n5)ccc5ccccc45)c3)n2)cc1. The lowest BCUT2D eigenvalue weighted by Gasteiger charge is -2.18. The van der Waals surface area contributed by atoms with Gasteiger partial charge in [-0.05, 0) is 45.7 Å². The standard InChI is InChI=1S/C53H35N5/c1-5-19-37(20-6-1)47-35-48(38-21-7-2-8-22-38)55-52(54-47)42-28-17-27-41(34-42)43-29-15-16-31-45(43)49-44-30-14-13-18-36(44)32-33-46(49)53-57-50(39-23-9-3-10-24-39)56-51(58-53)40-25-11-4-12-26-40/h1-35H. The van der Waals surface area contributed by atoms with Gasteiger partial charge >= 0.3 is 0 Å². The Morgan fingerprint density at radius 2 is 0.690 bits per heavy atom. The average Bonchev–Trinajstić information content (AvgIpc) is 3.32. The van der Waals surface area contributed by atoms with Gasteiger partial charge in [-0.25, -0.2) is 24.9 Å². The van der Waals surface area contributed by atoms with Crippen LogP contribution in [0.5, 0.6) is 0 Å². The highest BCUT2D eigenvalue weighted by Crippen LogP contribution is 2.43. The summed E-state index contributed by atoms with van der Waals surface area (Å²) < 4.78 is 0. The van der Waals surface area contributed by atoms with E-state index in [4.69, 9.17) is 24.9 Å². The minimum absolute atomic E-state index is 0.608. The fourth-order valence-corrected chi connectivity index (χ4v) is 7.55. The van der Waals surface area contributed by atoms with E-state index in [-0.39, 0.29) is 0 Å². The van der Waals surface area contributed by atoms with Crippen molar-refractivity contribution >= 4 is 10.8 Å². The van der Waals surface area contributed by atoms with Gasteiger partial charge in [0.25, 0.3) is 0 Å². The van der Waals surface area contributed by atoms with Crippen molar-refractivity contribution in [2.45, 2.75) is 0 Å². The first-order valence-corrected chi connectivity index (χ1v) is 19.3. The smallest absolute Gasteiger partial charge is 0.164 e. The highest BCUT2D eigenvalue weighted by Gasteiger charge is 2.21. The zero-order valence-electron chi connectivity index (χ0n) is 31.4. The summed E-state index contributed by atoms with van der Waals surface area (Å²) >= 11 is 0. The van der Waals surface area contributed by atoms with Crippen LogP contribution in [-0.2, 0) is 0 Å². The van der Waals surface area contributed by atoms with Crippen LogP contribution in [0.3, 0.4) is 0 Å². The van der Waals surface area contributed by atoms with Gasteiger partial charge in [-0.3, -0.25) is 0 Å². The Morgan fingerprint density at radius 3 is 1.29 bits per heavy atom. The van der Waals surface area contributed by atoms with Crippen molar-refractivity contribution in [1.82, 2.24) is 24.9 Å². The zero-order valence-corrected chi connectivity index (χ0v) is 31.4.